The van der Waals surface area contributed by atoms with E-state index in [9.17, 15) is 16.8 Å². The lowest BCUT2D eigenvalue weighted by Crippen LogP contribution is -2.23. The molecule has 0 aliphatic carbocycles. The fraction of sp³-hybridized carbons (Fsp3) is 0.273. The van der Waals surface area contributed by atoms with Gasteiger partial charge < -0.3 is 0 Å². The third kappa shape index (κ3) is 5.02. The molecule has 4 nitrogen and oxygen atoms in total. The Bertz CT molecular complexity index is 1090. The maximum atomic E-state index is 13.5. The van der Waals surface area contributed by atoms with Crippen molar-refractivity contribution in [1.29, 1.82) is 0 Å². The molecule has 0 amide bonds. The largest absolute Gasteiger partial charge is 0.228 e. The van der Waals surface area contributed by atoms with Gasteiger partial charge in [0.25, 0.3) is 0 Å². The highest BCUT2D eigenvalue weighted by Crippen LogP contribution is 2.44. The maximum absolute atomic E-state index is 13.5. The Labute approximate surface area is 177 Å². The van der Waals surface area contributed by atoms with Gasteiger partial charge in [0.1, 0.15) is 0 Å². The SMILES string of the molecule is C=CCCCCC1C(S(=O)(=O)c2ccccc2)=C(Sc2ccccc2)CS1(=O)=O. The number of hydrogen-bond donors (Lipinski definition) is 0. The Hall–Kier alpha value is -1.83. The lowest BCUT2D eigenvalue weighted by Gasteiger charge is -2.16. The van der Waals surface area contributed by atoms with Crippen LogP contribution < -0.4 is 0 Å². The molecule has 0 spiro atoms. The predicted octanol–water partition coefficient (Wildman–Crippen LogP) is 5.01. The van der Waals surface area contributed by atoms with Crippen LogP contribution in [0.4, 0.5) is 0 Å². The Balaban J connectivity index is 2.06. The lowest BCUT2D eigenvalue weighted by atomic mass is 10.1. The lowest BCUT2D eigenvalue weighted by molar-refractivity contribution is 0.576. The average Bonchev–Trinajstić information content (AvgIpc) is 2.96. The molecule has 0 radical (unpaired) electrons. The molecule has 1 heterocycles. The van der Waals surface area contributed by atoms with E-state index in [0.717, 1.165) is 17.7 Å². The van der Waals surface area contributed by atoms with E-state index in [4.69, 9.17) is 0 Å². The number of benzene rings is 2. The number of allylic oxidation sites excluding steroid dienone is 1. The molecule has 0 N–H and O–H groups in total. The third-order valence-electron chi connectivity index (χ3n) is 4.78. The van der Waals surface area contributed by atoms with Crippen molar-refractivity contribution in [3.05, 3.63) is 83.1 Å². The van der Waals surface area contributed by atoms with Crippen molar-refractivity contribution >= 4 is 31.4 Å². The topological polar surface area (TPSA) is 68.3 Å². The zero-order valence-corrected chi connectivity index (χ0v) is 18.5. The molecular weight excluding hydrogens is 424 g/mol. The zero-order chi connectivity index (χ0) is 20.9. The van der Waals surface area contributed by atoms with Crippen molar-refractivity contribution in [2.24, 2.45) is 0 Å². The molecule has 2 aromatic carbocycles. The van der Waals surface area contributed by atoms with Gasteiger partial charge in [-0.25, -0.2) is 16.8 Å². The van der Waals surface area contributed by atoms with Gasteiger partial charge >= 0.3 is 0 Å². The molecular formula is C22H24O4S3. The minimum Gasteiger partial charge on any atom is -0.228 e. The predicted molar refractivity (Wildman–Crippen MR) is 119 cm³/mol. The molecule has 29 heavy (non-hydrogen) atoms. The number of thioether (sulfide) groups is 1. The van der Waals surface area contributed by atoms with Crippen molar-refractivity contribution in [2.45, 2.75) is 40.7 Å². The van der Waals surface area contributed by atoms with Gasteiger partial charge in [0.05, 0.1) is 20.8 Å². The first kappa shape index (κ1) is 21.9. The van der Waals surface area contributed by atoms with Crippen molar-refractivity contribution < 1.29 is 16.8 Å². The van der Waals surface area contributed by atoms with Crippen LogP contribution in [0.25, 0.3) is 0 Å². The van der Waals surface area contributed by atoms with Crippen LogP contribution in [0.3, 0.4) is 0 Å². The van der Waals surface area contributed by atoms with Crippen LogP contribution in [0.2, 0.25) is 0 Å². The summed E-state index contributed by atoms with van der Waals surface area (Å²) in [6.45, 7) is 3.68. The van der Waals surface area contributed by atoms with Crippen LogP contribution in [0.1, 0.15) is 25.7 Å². The normalized spacial score (nSPS) is 18.7. The van der Waals surface area contributed by atoms with Gasteiger partial charge in [0, 0.05) is 9.80 Å². The summed E-state index contributed by atoms with van der Waals surface area (Å²) in [5.74, 6) is -0.236. The van der Waals surface area contributed by atoms with E-state index in [1.807, 2.05) is 30.3 Å². The fourth-order valence-electron chi connectivity index (χ4n) is 3.39. The second-order valence-corrected chi connectivity index (χ2v) is 12.2. The quantitative estimate of drug-likeness (QED) is 0.398. The summed E-state index contributed by atoms with van der Waals surface area (Å²) in [5, 5.41) is -0.997. The molecule has 0 bridgehead atoms. The highest BCUT2D eigenvalue weighted by Gasteiger charge is 2.45. The molecule has 154 valence electrons. The molecule has 0 fully saturated rings. The molecule has 3 rings (SSSR count). The van der Waals surface area contributed by atoms with Gasteiger partial charge in [-0.2, -0.15) is 0 Å². The molecule has 0 aromatic heterocycles. The van der Waals surface area contributed by atoms with E-state index in [-0.39, 0.29) is 15.6 Å². The molecule has 1 atom stereocenters. The van der Waals surface area contributed by atoms with E-state index >= 15 is 0 Å². The number of sulfone groups is 2. The highest BCUT2D eigenvalue weighted by atomic mass is 32.2. The van der Waals surface area contributed by atoms with Gasteiger partial charge in [0.15, 0.2) is 9.84 Å². The standard InChI is InChI=1S/C22H24O4S3/c1-2-3-4-11-16-21-22(29(25,26)19-14-9-6-10-15-19)20(17-28(21,23)24)27-18-12-7-5-8-13-18/h2,5-10,12-15,21H,1,3-4,11,16-17H2. The molecule has 1 aliphatic rings. The van der Waals surface area contributed by atoms with E-state index < -0.39 is 24.9 Å². The monoisotopic (exact) mass is 448 g/mol. The second-order valence-electron chi connectivity index (χ2n) is 6.89. The first-order valence-corrected chi connectivity index (χ1v) is 13.5. The Kier molecular flexibility index (Phi) is 7.03. The average molecular weight is 449 g/mol. The summed E-state index contributed by atoms with van der Waals surface area (Å²) in [7, 11) is -7.50. The fourth-order valence-corrected chi connectivity index (χ4v) is 9.70. The molecule has 2 aromatic rings. The van der Waals surface area contributed by atoms with Crippen molar-refractivity contribution in [2.75, 3.05) is 5.75 Å². The van der Waals surface area contributed by atoms with Crippen LogP contribution in [0.5, 0.6) is 0 Å². The van der Waals surface area contributed by atoms with Gasteiger partial charge in [-0.15, -0.1) is 6.58 Å². The maximum Gasteiger partial charge on any atom is 0.204 e. The van der Waals surface area contributed by atoms with Gasteiger partial charge in [0.2, 0.25) is 9.84 Å². The number of rotatable bonds is 9. The summed E-state index contributed by atoms with van der Waals surface area (Å²) >= 11 is 1.24. The summed E-state index contributed by atoms with van der Waals surface area (Å²) in [6.07, 6.45) is 4.29. The molecule has 0 saturated heterocycles. The molecule has 1 unspecified atom stereocenters. The highest BCUT2D eigenvalue weighted by molar-refractivity contribution is 8.07. The molecule has 7 heteroatoms. The van der Waals surface area contributed by atoms with E-state index in [0.29, 0.717) is 17.7 Å². The smallest absolute Gasteiger partial charge is 0.204 e. The van der Waals surface area contributed by atoms with E-state index in [2.05, 4.69) is 6.58 Å². The second kappa shape index (κ2) is 9.32. The van der Waals surface area contributed by atoms with Crippen LogP contribution in [0, 0.1) is 0 Å². The van der Waals surface area contributed by atoms with Crippen molar-refractivity contribution in [1.82, 2.24) is 0 Å². The van der Waals surface area contributed by atoms with Gasteiger partial charge in [-0.3, -0.25) is 0 Å². The van der Waals surface area contributed by atoms with Crippen molar-refractivity contribution in [3.63, 3.8) is 0 Å². The Morgan fingerprint density at radius 3 is 2.24 bits per heavy atom. The third-order valence-corrected chi connectivity index (χ3v) is 10.4. The van der Waals surface area contributed by atoms with Gasteiger partial charge in [-0.1, -0.05) is 60.7 Å². The zero-order valence-electron chi connectivity index (χ0n) is 16.0. The minimum absolute atomic E-state index is 0.0520. The minimum atomic E-state index is -3.91. The van der Waals surface area contributed by atoms with E-state index in [1.165, 1.54) is 23.9 Å². The summed E-state index contributed by atoms with van der Waals surface area (Å²) < 4.78 is 52.9. The summed E-state index contributed by atoms with van der Waals surface area (Å²) in [4.78, 5) is 1.42. The van der Waals surface area contributed by atoms with Crippen LogP contribution in [-0.2, 0) is 19.7 Å². The van der Waals surface area contributed by atoms with Crippen LogP contribution in [0.15, 0.2) is 92.9 Å². The first-order chi connectivity index (χ1) is 13.9. The molecule has 0 saturated carbocycles. The summed E-state index contributed by atoms with van der Waals surface area (Å²) in [6, 6.07) is 17.4. The van der Waals surface area contributed by atoms with Crippen molar-refractivity contribution in [3.8, 4) is 0 Å². The van der Waals surface area contributed by atoms with Gasteiger partial charge in [-0.05, 0) is 43.5 Å². The first-order valence-electron chi connectivity index (χ1n) is 9.45. The van der Waals surface area contributed by atoms with Crippen LogP contribution >= 0.6 is 11.8 Å². The summed E-state index contributed by atoms with van der Waals surface area (Å²) in [5.41, 5.74) is 0. The number of unbranched alkanes of at least 4 members (excludes halogenated alkanes) is 2. The Morgan fingerprint density at radius 1 is 1.00 bits per heavy atom. The van der Waals surface area contributed by atoms with E-state index in [1.54, 1.807) is 24.3 Å². The molecule has 1 aliphatic heterocycles. The number of hydrogen-bond acceptors (Lipinski definition) is 5. The van der Waals surface area contributed by atoms with Crippen LogP contribution in [-0.4, -0.2) is 27.8 Å². The Morgan fingerprint density at radius 2 is 1.62 bits per heavy atom.